The third-order valence-corrected chi connectivity index (χ3v) is 5.66. The van der Waals surface area contributed by atoms with E-state index in [4.69, 9.17) is 4.74 Å². The molecule has 0 aliphatic rings. The molecule has 2 aromatic carbocycles. The van der Waals surface area contributed by atoms with E-state index in [0.717, 1.165) is 0 Å². The molecular weight excluding hydrogens is 464 g/mol. The molecule has 0 bridgehead atoms. The second-order valence-electron chi connectivity index (χ2n) is 8.57. The van der Waals surface area contributed by atoms with Gasteiger partial charge in [0.15, 0.2) is 12.3 Å². The average Bonchev–Trinajstić information content (AvgIpc) is 3.28. The first kappa shape index (κ1) is 24.6. The van der Waals surface area contributed by atoms with Crippen molar-refractivity contribution in [2.45, 2.75) is 32.9 Å². The Kier molecular flexibility index (Phi) is 7.38. The number of aromatic nitrogens is 4. The van der Waals surface area contributed by atoms with Crippen LogP contribution in [-0.2, 0) is 17.9 Å². The predicted molar refractivity (Wildman–Crippen MR) is 133 cm³/mol. The molecule has 0 saturated carbocycles. The average molecular weight is 491 g/mol. The summed E-state index contributed by atoms with van der Waals surface area (Å²) in [4.78, 5) is 39.9. The van der Waals surface area contributed by atoms with E-state index in [9.17, 15) is 19.7 Å². The van der Waals surface area contributed by atoms with Crippen LogP contribution >= 0.6 is 0 Å². The highest BCUT2D eigenvalue weighted by Gasteiger charge is 2.12. The van der Waals surface area contributed by atoms with Crippen LogP contribution in [0.2, 0.25) is 0 Å². The molecule has 0 atom stereocenters. The summed E-state index contributed by atoms with van der Waals surface area (Å²) in [5.41, 5.74) is 1.85. The molecule has 1 N–H and O–H groups in total. The SMILES string of the molecule is CC(C)c1ccc(OCC(=O)NCCn2ncc3c(=O)n(Cc4cccc([N+](=O)[O-])c4)cnc32)cc1. The lowest BCUT2D eigenvalue weighted by atomic mass is 10.0. The quantitative estimate of drug-likeness (QED) is 0.267. The van der Waals surface area contributed by atoms with Gasteiger partial charge in [-0.3, -0.25) is 24.3 Å². The maximum absolute atomic E-state index is 12.9. The minimum Gasteiger partial charge on any atom is -0.484 e. The molecule has 11 heteroatoms. The zero-order chi connectivity index (χ0) is 25.7. The Morgan fingerprint density at radius 2 is 1.97 bits per heavy atom. The van der Waals surface area contributed by atoms with Gasteiger partial charge < -0.3 is 10.1 Å². The van der Waals surface area contributed by atoms with Gasteiger partial charge in [0, 0.05) is 18.7 Å². The first-order chi connectivity index (χ1) is 17.3. The molecule has 11 nitrogen and oxygen atoms in total. The number of benzene rings is 2. The lowest BCUT2D eigenvalue weighted by molar-refractivity contribution is -0.384. The lowest BCUT2D eigenvalue weighted by Crippen LogP contribution is -2.31. The van der Waals surface area contributed by atoms with Crippen molar-refractivity contribution in [3.8, 4) is 5.75 Å². The van der Waals surface area contributed by atoms with Crippen molar-refractivity contribution in [3.63, 3.8) is 0 Å². The van der Waals surface area contributed by atoms with Crippen LogP contribution in [0.25, 0.3) is 11.0 Å². The highest BCUT2D eigenvalue weighted by atomic mass is 16.6. The van der Waals surface area contributed by atoms with Gasteiger partial charge in [0.2, 0.25) is 0 Å². The third-order valence-electron chi connectivity index (χ3n) is 5.66. The Bertz CT molecular complexity index is 1440. The van der Waals surface area contributed by atoms with E-state index < -0.39 is 4.92 Å². The van der Waals surface area contributed by atoms with Gasteiger partial charge in [-0.1, -0.05) is 38.1 Å². The summed E-state index contributed by atoms with van der Waals surface area (Å²) in [6, 6.07) is 13.7. The van der Waals surface area contributed by atoms with Gasteiger partial charge in [-0.15, -0.1) is 0 Å². The number of nitro groups is 1. The molecule has 0 spiro atoms. The molecular formula is C25H26N6O5. The van der Waals surface area contributed by atoms with Crippen molar-refractivity contribution in [3.05, 3.63) is 92.7 Å². The standard InChI is InChI=1S/C25H26N6O5/c1-17(2)19-6-8-21(9-7-19)36-15-23(32)26-10-11-30-24-22(13-28-30)25(33)29(16-27-24)14-18-4-3-5-20(12-18)31(34)35/h3-9,12-13,16-17H,10-11,14-15H2,1-2H3,(H,26,32). The Labute approximate surface area is 206 Å². The van der Waals surface area contributed by atoms with E-state index in [1.165, 1.54) is 34.8 Å². The van der Waals surface area contributed by atoms with E-state index in [-0.39, 0.29) is 36.9 Å². The fraction of sp³-hybridized carbons (Fsp3) is 0.280. The van der Waals surface area contributed by atoms with Crippen LogP contribution in [0.4, 0.5) is 5.69 Å². The van der Waals surface area contributed by atoms with Crippen LogP contribution in [0.5, 0.6) is 5.75 Å². The molecule has 0 radical (unpaired) electrons. The number of nitrogens with one attached hydrogen (secondary N) is 1. The highest BCUT2D eigenvalue weighted by molar-refractivity contribution is 5.77. The van der Waals surface area contributed by atoms with Crippen molar-refractivity contribution in [1.82, 2.24) is 24.6 Å². The summed E-state index contributed by atoms with van der Waals surface area (Å²) >= 11 is 0. The van der Waals surface area contributed by atoms with Crippen molar-refractivity contribution in [2.75, 3.05) is 13.2 Å². The molecule has 0 aliphatic carbocycles. The Morgan fingerprint density at radius 1 is 1.19 bits per heavy atom. The van der Waals surface area contributed by atoms with E-state index in [1.807, 2.05) is 24.3 Å². The van der Waals surface area contributed by atoms with Gasteiger partial charge in [0.1, 0.15) is 17.5 Å². The Hall–Kier alpha value is -4.54. The van der Waals surface area contributed by atoms with E-state index in [1.54, 1.807) is 16.8 Å². The topological polar surface area (TPSA) is 134 Å². The summed E-state index contributed by atoms with van der Waals surface area (Å²) in [6.45, 7) is 4.85. The number of ether oxygens (including phenoxy) is 1. The van der Waals surface area contributed by atoms with E-state index >= 15 is 0 Å². The van der Waals surface area contributed by atoms with Gasteiger partial charge in [-0.25, -0.2) is 9.67 Å². The molecule has 2 heterocycles. The summed E-state index contributed by atoms with van der Waals surface area (Å²) in [5, 5.41) is 18.3. The fourth-order valence-electron chi connectivity index (χ4n) is 3.69. The number of hydrogen-bond donors (Lipinski definition) is 1. The van der Waals surface area contributed by atoms with Crippen LogP contribution < -0.4 is 15.6 Å². The van der Waals surface area contributed by atoms with Gasteiger partial charge in [-0.05, 0) is 29.2 Å². The number of carbonyl (C=O) groups excluding carboxylic acids is 1. The smallest absolute Gasteiger partial charge is 0.269 e. The van der Waals surface area contributed by atoms with Crippen LogP contribution in [-0.4, -0.2) is 43.3 Å². The maximum atomic E-state index is 12.9. The van der Waals surface area contributed by atoms with Crippen molar-refractivity contribution in [1.29, 1.82) is 0 Å². The predicted octanol–water partition coefficient (Wildman–Crippen LogP) is 2.87. The Morgan fingerprint density at radius 3 is 2.69 bits per heavy atom. The summed E-state index contributed by atoms with van der Waals surface area (Å²) in [7, 11) is 0. The number of carbonyl (C=O) groups is 1. The number of amides is 1. The number of hydrogen-bond acceptors (Lipinski definition) is 7. The monoisotopic (exact) mass is 490 g/mol. The largest absolute Gasteiger partial charge is 0.484 e. The van der Waals surface area contributed by atoms with Gasteiger partial charge in [0.05, 0.1) is 24.2 Å². The molecule has 4 rings (SSSR count). The molecule has 0 unspecified atom stereocenters. The molecule has 1 amide bonds. The summed E-state index contributed by atoms with van der Waals surface area (Å²) in [6.07, 6.45) is 2.82. The second kappa shape index (κ2) is 10.8. The summed E-state index contributed by atoms with van der Waals surface area (Å²) < 4.78 is 8.45. The van der Waals surface area contributed by atoms with Gasteiger partial charge in [-0.2, -0.15) is 5.10 Å². The highest BCUT2D eigenvalue weighted by Crippen LogP contribution is 2.18. The third kappa shape index (κ3) is 5.74. The zero-order valence-corrected chi connectivity index (χ0v) is 20.0. The first-order valence-corrected chi connectivity index (χ1v) is 11.5. The molecule has 2 aromatic heterocycles. The number of nitro benzene ring substituents is 1. The first-order valence-electron chi connectivity index (χ1n) is 11.5. The van der Waals surface area contributed by atoms with Crippen LogP contribution in [0.3, 0.4) is 0 Å². The molecule has 36 heavy (non-hydrogen) atoms. The van der Waals surface area contributed by atoms with Gasteiger partial charge >= 0.3 is 0 Å². The Balaban J connectivity index is 1.33. The second-order valence-corrected chi connectivity index (χ2v) is 8.57. The van der Waals surface area contributed by atoms with E-state index in [2.05, 4.69) is 29.2 Å². The maximum Gasteiger partial charge on any atom is 0.269 e. The zero-order valence-electron chi connectivity index (χ0n) is 20.0. The number of fused-ring (bicyclic) bond motifs is 1. The normalized spacial score (nSPS) is 11.1. The van der Waals surface area contributed by atoms with Gasteiger partial charge in [0.25, 0.3) is 17.2 Å². The molecule has 186 valence electrons. The van der Waals surface area contributed by atoms with Crippen LogP contribution in [0, 0.1) is 10.1 Å². The molecule has 0 fully saturated rings. The minimum absolute atomic E-state index is 0.0427. The molecule has 0 aliphatic heterocycles. The molecule has 0 saturated heterocycles. The van der Waals surface area contributed by atoms with Crippen LogP contribution in [0.1, 0.15) is 30.9 Å². The lowest BCUT2D eigenvalue weighted by Gasteiger charge is -2.10. The number of non-ortho nitro benzene ring substituents is 1. The molecule has 4 aromatic rings. The number of nitrogens with zero attached hydrogens (tertiary/aromatic N) is 5. The van der Waals surface area contributed by atoms with Crippen molar-refractivity contribution < 1.29 is 14.5 Å². The van der Waals surface area contributed by atoms with Crippen molar-refractivity contribution >= 4 is 22.6 Å². The fourth-order valence-corrected chi connectivity index (χ4v) is 3.69. The van der Waals surface area contributed by atoms with Crippen LogP contribution in [0.15, 0.2) is 65.8 Å². The minimum atomic E-state index is -0.479. The van der Waals surface area contributed by atoms with Crippen molar-refractivity contribution in [2.24, 2.45) is 0 Å². The number of rotatable bonds is 10. The summed E-state index contributed by atoms with van der Waals surface area (Å²) in [5.74, 6) is 0.774. The van der Waals surface area contributed by atoms with E-state index in [0.29, 0.717) is 34.8 Å².